The lowest BCUT2D eigenvalue weighted by Gasteiger charge is -2.15. The SMILES string of the molecule is O=C(O)C(CNC(=O)C1CCOC1)Cc1ccccc1. The third-order valence-corrected chi connectivity index (χ3v) is 3.50. The van der Waals surface area contributed by atoms with Crippen molar-refractivity contribution in [3.8, 4) is 0 Å². The molecule has 108 valence electrons. The fourth-order valence-electron chi connectivity index (χ4n) is 2.25. The molecular weight excluding hydrogens is 258 g/mol. The van der Waals surface area contributed by atoms with Crippen molar-refractivity contribution in [1.82, 2.24) is 5.32 Å². The monoisotopic (exact) mass is 277 g/mol. The number of hydrogen-bond acceptors (Lipinski definition) is 3. The van der Waals surface area contributed by atoms with Crippen LogP contribution in [0.5, 0.6) is 0 Å². The average molecular weight is 277 g/mol. The normalized spacial score (nSPS) is 19.5. The van der Waals surface area contributed by atoms with Gasteiger partial charge in [0.25, 0.3) is 0 Å². The van der Waals surface area contributed by atoms with Crippen LogP contribution < -0.4 is 5.32 Å². The van der Waals surface area contributed by atoms with E-state index in [9.17, 15) is 14.7 Å². The molecule has 2 rings (SSSR count). The molecule has 1 heterocycles. The molecule has 1 amide bonds. The minimum Gasteiger partial charge on any atom is -0.481 e. The van der Waals surface area contributed by atoms with E-state index in [1.54, 1.807) is 0 Å². The quantitative estimate of drug-likeness (QED) is 0.816. The standard InChI is InChI=1S/C15H19NO4/c17-14(12-6-7-20-10-12)16-9-13(15(18)19)8-11-4-2-1-3-5-11/h1-5,12-13H,6-10H2,(H,16,17)(H,18,19). The second-order valence-corrected chi connectivity index (χ2v) is 5.03. The predicted octanol–water partition coefficient (Wildman–Crippen LogP) is 1.08. The Hall–Kier alpha value is -1.88. The van der Waals surface area contributed by atoms with Crippen LogP contribution in [0.15, 0.2) is 30.3 Å². The van der Waals surface area contributed by atoms with E-state index in [4.69, 9.17) is 4.74 Å². The van der Waals surface area contributed by atoms with Crippen LogP contribution >= 0.6 is 0 Å². The summed E-state index contributed by atoms with van der Waals surface area (Å²) in [7, 11) is 0. The van der Waals surface area contributed by atoms with Crippen LogP contribution in [0.2, 0.25) is 0 Å². The molecule has 2 atom stereocenters. The molecule has 5 nitrogen and oxygen atoms in total. The summed E-state index contributed by atoms with van der Waals surface area (Å²) in [5.41, 5.74) is 0.957. The van der Waals surface area contributed by atoms with E-state index in [1.165, 1.54) is 0 Å². The molecule has 0 aromatic heterocycles. The fraction of sp³-hybridized carbons (Fsp3) is 0.467. The van der Waals surface area contributed by atoms with Crippen LogP contribution in [0.1, 0.15) is 12.0 Å². The first-order valence-corrected chi connectivity index (χ1v) is 6.79. The minimum atomic E-state index is -0.892. The van der Waals surface area contributed by atoms with E-state index in [0.29, 0.717) is 26.1 Å². The summed E-state index contributed by atoms with van der Waals surface area (Å²) in [5, 5.41) is 12.0. The Kier molecular flexibility index (Phi) is 5.12. The molecule has 0 bridgehead atoms. The number of rotatable bonds is 6. The molecule has 0 spiro atoms. The zero-order valence-corrected chi connectivity index (χ0v) is 11.2. The maximum atomic E-state index is 11.8. The largest absolute Gasteiger partial charge is 0.481 e. The number of carboxylic acid groups (broad SMARTS) is 1. The number of amides is 1. The summed E-state index contributed by atoms with van der Waals surface area (Å²) in [6.45, 7) is 1.19. The fourth-order valence-corrected chi connectivity index (χ4v) is 2.25. The number of benzene rings is 1. The molecule has 0 saturated carbocycles. The third kappa shape index (κ3) is 4.06. The third-order valence-electron chi connectivity index (χ3n) is 3.50. The average Bonchev–Trinajstić information content (AvgIpc) is 2.98. The molecule has 2 unspecified atom stereocenters. The number of aliphatic carboxylic acids is 1. The van der Waals surface area contributed by atoms with Crippen molar-refractivity contribution >= 4 is 11.9 Å². The van der Waals surface area contributed by atoms with Gasteiger partial charge in [0, 0.05) is 13.2 Å². The lowest BCUT2D eigenvalue weighted by Crippen LogP contribution is -2.37. The van der Waals surface area contributed by atoms with Crippen LogP contribution in [0.4, 0.5) is 0 Å². The molecule has 1 aliphatic heterocycles. The molecule has 20 heavy (non-hydrogen) atoms. The highest BCUT2D eigenvalue weighted by Crippen LogP contribution is 2.13. The van der Waals surface area contributed by atoms with Gasteiger partial charge in [0.1, 0.15) is 0 Å². The van der Waals surface area contributed by atoms with Crippen molar-refractivity contribution < 1.29 is 19.4 Å². The van der Waals surface area contributed by atoms with E-state index >= 15 is 0 Å². The topological polar surface area (TPSA) is 75.6 Å². The van der Waals surface area contributed by atoms with Crippen LogP contribution in [-0.4, -0.2) is 36.7 Å². The van der Waals surface area contributed by atoms with Crippen molar-refractivity contribution in [3.63, 3.8) is 0 Å². The summed E-state index contributed by atoms with van der Waals surface area (Å²) in [4.78, 5) is 23.1. The molecular formula is C15H19NO4. The van der Waals surface area contributed by atoms with Crippen LogP contribution in [-0.2, 0) is 20.7 Å². The van der Waals surface area contributed by atoms with Crippen molar-refractivity contribution in [2.24, 2.45) is 11.8 Å². The molecule has 1 aromatic rings. The first-order chi connectivity index (χ1) is 9.66. The van der Waals surface area contributed by atoms with Gasteiger partial charge in [0.2, 0.25) is 5.91 Å². The Balaban J connectivity index is 1.86. The molecule has 5 heteroatoms. The van der Waals surface area contributed by atoms with E-state index < -0.39 is 11.9 Å². The zero-order valence-electron chi connectivity index (χ0n) is 11.2. The molecule has 0 radical (unpaired) electrons. The van der Waals surface area contributed by atoms with Gasteiger partial charge in [0.15, 0.2) is 0 Å². The maximum absolute atomic E-state index is 11.8. The van der Waals surface area contributed by atoms with Crippen molar-refractivity contribution in [3.05, 3.63) is 35.9 Å². The molecule has 1 saturated heterocycles. The summed E-state index contributed by atoms with van der Waals surface area (Å²) < 4.78 is 5.15. The summed E-state index contributed by atoms with van der Waals surface area (Å²) in [6, 6.07) is 9.43. The minimum absolute atomic E-state index is 0.109. The van der Waals surface area contributed by atoms with E-state index in [1.807, 2.05) is 30.3 Å². The maximum Gasteiger partial charge on any atom is 0.308 e. The second-order valence-electron chi connectivity index (χ2n) is 5.03. The Morgan fingerprint density at radius 1 is 1.35 bits per heavy atom. The van der Waals surface area contributed by atoms with Crippen molar-refractivity contribution in [1.29, 1.82) is 0 Å². The number of hydrogen-bond donors (Lipinski definition) is 2. The zero-order chi connectivity index (χ0) is 14.4. The van der Waals surface area contributed by atoms with Crippen LogP contribution in [0, 0.1) is 11.8 Å². The predicted molar refractivity (Wildman–Crippen MR) is 73.2 cm³/mol. The van der Waals surface area contributed by atoms with Gasteiger partial charge in [-0.2, -0.15) is 0 Å². The van der Waals surface area contributed by atoms with Gasteiger partial charge in [-0.25, -0.2) is 0 Å². The van der Waals surface area contributed by atoms with Gasteiger partial charge in [-0.3, -0.25) is 9.59 Å². The van der Waals surface area contributed by atoms with Crippen molar-refractivity contribution in [2.45, 2.75) is 12.8 Å². The number of carboxylic acids is 1. The number of nitrogens with one attached hydrogen (secondary N) is 1. The van der Waals surface area contributed by atoms with E-state index in [2.05, 4.69) is 5.32 Å². The highest BCUT2D eigenvalue weighted by molar-refractivity contribution is 5.80. The molecule has 1 fully saturated rings. The lowest BCUT2D eigenvalue weighted by atomic mass is 9.99. The highest BCUT2D eigenvalue weighted by atomic mass is 16.5. The van der Waals surface area contributed by atoms with E-state index in [-0.39, 0.29) is 18.4 Å². The lowest BCUT2D eigenvalue weighted by molar-refractivity contribution is -0.141. The van der Waals surface area contributed by atoms with Gasteiger partial charge in [-0.05, 0) is 18.4 Å². The van der Waals surface area contributed by atoms with Gasteiger partial charge < -0.3 is 15.2 Å². The Labute approximate surface area is 117 Å². The summed E-state index contributed by atoms with van der Waals surface area (Å²) in [6.07, 6.45) is 1.12. The Morgan fingerprint density at radius 2 is 2.10 bits per heavy atom. The summed E-state index contributed by atoms with van der Waals surface area (Å²) in [5.74, 6) is -1.75. The Morgan fingerprint density at radius 3 is 2.70 bits per heavy atom. The van der Waals surface area contributed by atoms with Gasteiger partial charge in [0.05, 0.1) is 18.4 Å². The smallest absolute Gasteiger partial charge is 0.308 e. The molecule has 1 aliphatic rings. The Bertz CT molecular complexity index is 454. The van der Waals surface area contributed by atoms with Crippen molar-refractivity contribution in [2.75, 3.05) is 19.8 Å². The molecule has 1 aromatic carbocycles. The van der Waals surface area contributed by atoms with Gasteiger partial charge in [-0.1, -0.05) is 30.3 Å². The second kappa shape index (κ2) is 7.05. The van der Waals surface area contributed by atoms with Crippen LogP contribution in [0.25, 0.3) is 0 Å². The first kappa shape index (κ1) is 14.5. The molecule has 2 N–H and O–H groups in total. The van der Waals surface area contributed by atoms with E-state index in [0.717, 1.165) is 5.56 Å². The summed E-state index contributed by atoms with van der Waals surface area (Å²) >= 11 is 0. The molecule has 0 aliphatic carbocycles. The van der Waals surface area contributed by atoms with Gasteiger partial charge in [-0.15, -0.1) is 0 Å². The van der Waals surface area contributed by atoms with Gasteiger partial charge >= 0.3 is 5.97 Å². The number of ether oxygens (including phenoxy) is 1. The highest BCUT2D eigenvalue weighted by Gasteiger charge is 2.25. The number of carbonyl (C=O) groups excluding carboxylic acids is 1. The van der Waals surface area contributed by atoms with Crippen LogP contribution in [0.3, 0.4) is 0 Å². The number of carbonyl (C=O) groups is 2. The first-order valence-electron chi connectivity index (χ1n) is 6.79.